The Bertz CT molecular complexity index is 783. The lowest BCUT2D eigenvalue weighted by Crippen LogP contribution is -2.39. The summed E-state index contributed by atoms with van der Waals surface area (Å²) in [5.74, 6) is 2.68. The predicted octanol–water partition coefficient (Wildman–Crippen LogP) is 2.28. The fourth-order valence-electron chi connectivity index (χ4n) is 2.35. The highest BCUT2D eigenvalue weighted by Gasteiger charge is 2.08. The molecule has 0 saturated heterocycles. The lowest BCUT2D eigenvalue weighted by Gasteiger charge is -2.13. The van der Waals surface area contributed by atoms with E-state index in [2.05, 4.69) is 20.6 Å². The average molecular weight is 515 g/mol. The lowest BCUT2D eigenvalue weighted by atomic mass is 10.1. The Balaban J connectivity index is 0.00000420. The second kappa shape index (κ2) is 12.3. The normalized spacial score (nSPS) is 10.9. The number of aliphatic imine (C=N–C) groups is 1. The number of halogens is 1. The van der Waals surface area contributed by atoms with Gasteiger partial charge in [-0.3, -0.25) is 4.79 Å². The molecule has 0 spiro atoms. The number of nitrogens with zero attached hydrogens (tertiary/aromatic N) is 3. The number of rotatable bonds is 8. The third-order valence-corrected chi connectivity index (χ3v) is 4.22. The molecule has 2 rings (SSSR count). The summed E-state index contributed by atoms with van der Waals surface area (Å²) in [6.45, 7) is 4.90. The molecule has 2 aromatic rings. The first-order valence-electron chi connectivity index (χ1n) is 9.17. The van der Waals surface area contributed by atoms with Crippen LogP contribution in [0.15, 0.2) is 33.7 Å². The van der Waals surface area contributed by atoms with Crippen LogP contribution in [0.3, 0.4) is 0 Å². The molecule has 1 heterocycles. The number of benzene rings is 1. The van der Waals surface area contributed by atoms with Gasteiger partial charge in [0.1, 0.15) is 18.1 Å². The fraction of sp³-hybridized carbons (Fsp3) is 0.450. The third-order valence-electron chi connectivity index (χ3n) is 4.22. The van der Waals surface area contributed by atoms with Gasteiger partial charge in [0, 0.05) is 20.6 Å². The molecular formula is C20H30IN5O3. The highest BCUT2D eigenvalue weighted by Crippen LogP contribution is 2.11. The summed E-state index contributed by atoms with van der Waals surface area (Å²) in [6, 6.07) is 7.93. The van der Waals surface area contributed by atoms with Gasteiger partial charge >= 0.3 is 0 Å². The van der Waals surface area contributed by atoms with Crippen molar-refractivity contribution in [2.75, 3.05) is 34.3 Å². The second-order valence-corrected chi connectivity index (χ2v) is 6.58. The van der Waals surface area contributed by atoms with E-state index < -0.39 is 0 Å². The Morgan fingerprint density at radius 2 is 1.90 bits per heavy atom. The van der Waals surface area contributed by atoms with Gasteiger partial charge in [-0.15, -0.1) is 24.0 Å². The van der Waals surface area contributed by atoms with Crippen molar-refractivity contribution in [3.05, 3.63) is 47.2 Å². The number of aromatic nitrogens is 1. The lowest BCUT2D eigenvalue weighted by molar-refractivity contribution is -0.127. The molecular weight excluding hydrogens is 485 g/mol. The van der Waals surface area contributed by atoms with Gasteiger partial charge in [0.25, 0.3) is 0 Å². The predicted molar refractivity (Wildman–Crippen MR) is 124 cm³/mol. The smallest absolute Gasteiger partial charge is 0.243 e. The van der Waals surface area contributed by atoms with Crippen molar-refractivity contribution in [1.82, 2.24) is 20.5 Å². The number of carbonyl (C=O) groups excluding carboxylic acids is 1. The molecule has 0 aliphatic heterocycles. The Hall–Kier alpha value is -2.30. The van der Waals surface area contributed by atoms with Crippen LogP contribution in [-0.4, -0.2) is 56.0 Å². The van der Waals surface area contributed by atoms with Crippen LogP contribution in [0.2, 0.25) is 0 Å². The van der Waals surface area contributed by atoms with E-state index in [1.807, 2.05) is 38.1 Å². The Morgan fingerprint density at radius 3 is 2.45 bits per heavy atom. The van der Waals surface area contributed by atoms with Crippen molar-refractivity contribution >= 4 is 35.8 Å². The number of hydrogen-bond acceptors (Lipinski definition) is 5. The Labute approximate surface area is 189 Å². The van der Waals surface area contributed by atoms with Crippen LogP contribution in [0, 0.1) is 13.8 Å². The molecule has 0 fully saturated rings. The molecule has 1 aromatic carbocycles. The summed E-state index contributed by atoms with van der Waals surface area (Å²) in [6.07, 6.45) is 0.809. The maximum atomic E-state index is 11.8. The summed E-state index contributed by atoms with van der Waals surface area (Å²) in [4.78, 5) is 22.1. The maximum absolute atomic E-state index is 11.8. The molecule has 1 aromatic heterocycles. The number of amides is 1. The number of hydrogen-bond donors (Lipinski definition) is 2. The van der Waals surface area contributed by atoms with Gasteiger partial charge in [0.05, 0.1) is 19.3 Å². The van der Waals surface area contributed by atoms with Crippen LogP contribution in [0.25, 0.3) is 0 Å². The SMILES string of the molecule is COc1ccc(CCNC(=NCC(=O)N(C)C)NCc2nc(C)c(C)o2)cc1.I. The van der Waals surface area contributed by atoms with Crippen molar-refractivity contribution in [2.45, 2.75) is 26.8 Å². The van der Waals surface area contributed by atoms with Crippen LogP contribution >= 0.6 is 24.0 Å². The number of carbonyl (C=O) groups is 1. The first-order valence-corrected chi connectivity index (χ1v) is 9.17. The molecule has 9 heteroatoms. The molecule has 0 radical (unpaired) electrons. The minimum atomic E-state index is -0.0703. The van der Waals surface area contributed by atoms with E-state index in [1.54, 1.807) is 21.2 Å². The van der Waals surface area contributed by atoms with E-state index in [0.29, 0.717) is 24.9 Å². The number of ether oxygens (including phenoxy) is 1. The molecule has 8 nitrogen and oxygen atoms in total. The van der Waals surface area contributed by atoms with E-state index >= 15 is 0 Å². The summed E-state index contributed by atoms with van der Waals surface area (Å²) in [5.41, 5.74) is 2.04. The topological polar surface area (TPSA) is 92.0 Å². The zero-order valence-corrected chi connectivity index (χ0v) is 19.9. The zero-order valence-electron chi connectivity index (χ0n) is 17.6. The van der Waals surface area contributed by atoms with Crippen molar-refractivity contribution < 1.29 is 13.9 Å². The van der Waals surface area contributed by atoms with Crippen LogP contribution < -0.4 is 15.4 Å². The van der Waals surface area contributed by atoms with E-state index in [4.69, 9.17) is 9.15 Å². The van der Waals surface area contributed by atoms with Gasteiger partial charge in [-0.2, -0.15) is 0 Å². The number of aryl methyl sites for hydroxylation is 2. The van der Waals surface area contributed by atoms with Gasteiger partial charge in [-0.25, -0.2) is 9.98 Å². The van der Waals surface area contributed by atoms with Gasteiger partial charge < -0.3 is 24.7 Å². The Kier molecular flexibility index (Phi) is 10.5. The van der Waals surface area contributed by atoms with Gasteiger partial charge in [-0.05, 0) is 38.0 Å². The number of oxazole rings is 1. The van der Waals surface area contributed by atoms with Crippen molar-refractivity contribution in [3.8, 4) is 5.75 Å². The number of nitrogens with one attached hydrogen (secondary N) is 2. The monoisotopic (exact) mass is 515 g/mol. The van der Waals surface area contributed by atoms with Gasteiger partial charge in [0.15, 0.2) is 5.96 Å². The highest BCUT2D eigenvalue weighted by atomic mass is 127. The van der Waals surface area contributed by atoms with Crippen molar-refractivity contribution in [1.29, 1.82) is 0 Å². The number of guanidine groups is 1. The Morgan fingerprint density at radius 1 is 1.21 bits per heavy atom. The van der Waals surface area contributed by atoms with Crippen LogP contribution in [0.5, 0.6) is 5.75 Å². The summed E-state index contributed by atoms with van der Waals surface area (Å²) in [5, 5.41) is 6.42. The first kappa shape index (κ1) is 24.7. The van der Waals surface area contributed by atoms with Crippen molar-refractivity contribution in [2.24, 2.45) is 4.99 Å². The standard InChI is InChI=1S/C20H29N5O3.HI/c1-14-15(2)28-18(24-14)12-22-20(23-13-19(26)25(3)4)21-11-10-16-6-8-17(27-5)9-7-16;/h6-9H,10-13H2,1-5H3,(H2,21,22,23);1H. The van der Waals surface area contributed by atoms with Crippen LogP contribution in [0.1, 0.15) is 22.9 Å². The number of methoxy groups -OCH3 is 1. The van der Waals surface area contributed by atoms with E-state index in [-0.39, 0.29) is 36.4 Å². The zero-order chi connectivity index (χ0) is 20.5. The van der Waals surface area contributed by atoms with Crippen molar-refractivity contribution in [3.63, 3.8) is 0 Å². The molecule has 0 aliphatic rings. The van der Waals surface area contributed by atoms with Gasteiger partial charge in [0.2, 0.25) is 11.8 Å². The number of likely N-dealkylation sites (N-methyl/N-ethyl adjacent to an activating group) is 1. The molecule has 0 saturated carbocycles. The fourth-order valence-corrected chi connectivity index (χ4v) is 2.35. The third kappa shape index (κ3) is 8.30. The molecule has 1 amide bonds. The molecule has 0 bridgehead atoms. The first-order chi connectivity index (χ1) is 13.4. The van der Waals surface area contributed by atoms with Crippen LogP contribution in [-0.2, 0) is 17.8 Å². The second-order valence-electron chi connectivity index (χ2n) is 6.58. The largest absolute Gasteiger partial charge is 0.497 e. The summed E-state index contributed by atoms with van der Waals surface area (Å²) in [7, 11) is 5.07. The average Bonchev–Trinajstić information content (AvgIpc) is 3.01. The molecule has 0 unspecified atom stereocenters. The van der Waals surface area contributed by atoms with Gasteiger partial charge in [-0.1, -0.05) is 12.1 Å². The van der Waals surface area contributed by atoms with E-state index in [1.165, 1.54) is 10.5 Å². The molecule has 2 N–H and O–H groups in total. The molecule has 0 atom stereocenters. The quantitative estimate of drug-likeness (QED) is 0.319. The van der Waals surface area contributed by atoms with E-state index in [9.17, 15) is 4.79 Å². The summed E-state index contributed by atoms with van der Waals surface area (Å²) < 4.78 is 10.8. The molecule has 160 valence electrons. The molecule has 29 heavy (non-hydrogen) atoms. The van der Waals surface area contributed by atoms with Crippen LogP contribution in [0.4, 0.5) is 0 Å². The molecule has 0 aliphatic carbocycles. The minimum absolute atomic E-state index is 0. The summed E-state index contributed by atoms with van der Waals surface area (Å²) >= 11 is 0. The highest BCUT2D eigenvalue weighted by molar-refractivity contribution is 14.0. The maximum Gasteiger partial charge on any atom is 0.243 e. The van der Waals surface area contributed by atoms with E-state index in [0.717, 1.165) is 23.6 Å². The minimum Gasteiger partial charge on any atom is -0.497 e.